The van der Waals surface area contributed by atoms with Crippen LogP contribution in [0.25, 0.3) is 0 Å². The molecule has 0 aromatic carbocycles. The number of nitrogens with one attached hydrogen (secondary N) is 2. The van der Waals surface area contributed by atoms with Gasteiger partial charge < -0.3 is 15.5 Å². The average molecular weight is 400 g/mol. The Morgan fingerprint density at radius 2 is 2.11 bits per heavy atom. The number of halogens is 4. The standard InChI is InChI=1S/C17H17ClF3N5O/c1-2-12-3-4-13(8-22)26(12)15(27)10-23-5-6-24-16-14(18)7-11(9-25-16)17(19,20)21/h1,7,9,12-13,23H,3-6,10H2,(H,24,25). The van der Waals surface area contributed by atoms with Crippen LogP contribution in [-0.2, 0) is 11.0 Å². The highest BCUT2D eigenvalue weighted by atomic mass is 35.5. The molecule has 1 aliphatic rings. The zero-order chi connectivity index (χ0) is 20.0. The Labute approximate surface area is 159 Å². The van der Waals surface area contributed by atoms with Crippen LogP contribution >= 0.6 is 11.6 Å². The van der Waals surface area contributed by atoms with Gasteiger partial charge in [0.25, 0.3) is 0 Å². The molecule has 0 radical (unpaired) electrons. The van der Waals surface area contributed by atoms with Gasteiger partial charge in [-0.15, -0.1) is 6.42 Å². The van der Waals surface area contributed by atoms with E-state index in [9.17, 15) is 18.0 Å². The quantitative estimate of drug-likeness (QED) is 0.566. The number of pyridine rings is 1. The second kappa shape index (κ2) is 8.94. The smallest absolute Gasteiger partial charge is 0.368 e. The molecule has 6 nitrogen and oxygen atoms in total. The van der Waals surface area contributed by atoms with E-state index < -0.39 is 17.8 Å². The Kier molecular flexibility index (Phi) is 6.89. The lowest BCUT2D eigenvalue weighted by Crippen LogP contribution is -2.45. The maximum Gasteiger partial charge on any atom is 0.417 e. The van der Waals surface area contributed by atoms with Gasteiger partial charge in [-0.25, -0.2) is 4.98 Å². The Morgan fingerprint density at radius 3 is 2.70 bits per heavy atom. The largest absolute Gasteiger partial charge is 0.417 e. The van der Waals surface area contributed by atoms with Crippen molar-refractivity contribution in [1.29, 1.82) is 5.26 Å². The second-order valence-electron chi connectivity index (χ2n) is 5.86. The highest BCUT2D eigenvalue weighted by Crippen LogP contribution is 2.32. The first kappa shape index (κ1) is 20.8. The average Bonchev–Trinajstić information content (AvgIpc) is 3.04. The molecule has 27 heavy (non-hydrogen) atoms. The predicted octanol–water partition coefficient (Wildman–Crippen LogP) is 2.27. The maximum absolute atomic E-state index is 12.6. The minimum atomic E-state index is -4.51. The monoisotopic (exact) mass is 399 g/mol. The van der Waals surface area contributed by atoms with E-state index in [4.69, 9.17) is 23.3 Å². The zero-order valence-electron chi connectivity index (χ0n) is 14.2. The normalized spacial score (nSPS) is 19.4. The van der Waals surface area contributed by atoms with E-state index >= 15 is 0 Å². The summed E-state index contributed by atoms with van der Waals surface area (Å²) < 4.78 is 37.7. The molecule has 144 valence electrons. The number of alkyl halides is 3. The van der Waals surface area contributed by atoms with Gasteiger partial charge in [-0.1, -0.05) is 17.5 Å². The van der Waals surface area contributed by atoms with Crippen molar-refractivity contribution in [2.45, 2.75) is 31.1 Å². The summed E-state index contributed by atoms with van der Waals surface area (Å²) in [6.45, 7) is 0.606. The number of nitriles is 1. The Hall–Kier alpha value is -2.49. The topological polar surface area (TPSA) is 81.0 Å². The number of hydrogen-bond donors (Lipinski definition) is 2. The fourth-order valence-electron chi connectivity index (χ4n) is 2.73. The summed E-state index contributed by atoms with van der Waals surface area (Å²) in [5, 5.41) is 14.6. The molecular weight excluding hydrogens is 383 g/mol. The number of nitrogens with zero attached hydrogens (tertiary/aromatic N) is 3. The van der Waals surface area contributed by atoms with E-state index in [0.717, 1.165) is 6.07 Å². The molecule has 2 N–H and O–H groups in total. The van der Waals surface area contributed by atoms with Gasteiger partial charge in [-0.2, -0.15) is 18.4 Å². The first-order valence-corrected chi connectivity index (χ1v) is 8.50. The number of likely N-dealkylation sites (tertiary alicyclic amines) is 1. The molecule has 1 aromatic heterocycles. The summed E-state index contributed by atoms with van der Waals surface area (Å²) in [5.74, 6) is 2.36. The number of hydrogen-bond acceptors (Lipinski definition) is 5. The predicted molar refractivity (Wildman–Crippen MR) is 93.7 cm³/mol. The molecule has 1 saturated heterocycles. The molecule has 1 aliphatic heterocycles. The van der Waals surface area contributed by atoms with Crippen LogP contribution in [0.5, 0.6) is 0 Å². The van der Waals surface area contributed by atoms with Gasteiger partial charge >= 0.3 is 6.18 Å². The van der Waals surface area contributed by atoms with E-state index in [0.29, 0.717) is 25.6 Å². The highest BCUT2D eigenvalue weighted by Gasteiger charge is 2.35. The molecule has 2 atom stereocenters. The van der Waals surface area contributed by atoms with Crippen LogP contribution in [0.15, 0.2) is 12.3 Å². The van der Waals surface area contributed by atoms with Crippen molar-refractivity contribution in [3.8, 4) is 18.4 Å². The van der Waals surface area contributed by atoms with Crippen molar-refractivity contribution < 1.29 is 18.0 Å². The summed E-state index contributed by atoms with van der Waals surface area (Å²) in [6, 6.07) is 1.97. The molecule has 2 unspecified atom stereocenters. The number of amides is 1. The lowest BCUT2D eigenvalue weighted by Gasteiger charge is -2.24. The molecule has 0 saturated carbocycles. The first-order valence-electron chi connectivity index (χ1n) is 8.12. The minimum absolute atomic E-state index is 0.00773. The molecule has 10 heteroatoms. The van der Waals surface area contributed by atoms with Crippen LogP contribution in [0.4, 0.5) is 19.0 Å². The SMILES string of the molecule is C#CC1CCC(C#N)N1C(=O)CNCCNc1ncc(C(F)(F)F)cc1Cl. The summed E-state index contributed by atoms with van der Waals surface area (Å²) in [4.78, 5) is 17.3. The molecule has 1 amide bonds. The van der Waals surface area contributed by atoms with Crippen LogP contribution in [0.3, 0.4) is 0 Å². The molecular formula is C17H17ClF3N5O. The van der Waals surface area contributed by atoms with Crippen LogP contribution in [0.2, 0.25) is 5.02 Å². The molecule has 0 bridgehead atoms. The lowest BCUT2D eigenvalue weighted by atomic mass is 10.2. The van der Waals surface area contributed by atoms with Gasteiger partial charge in [0, 0.05) is 19.3 Å². The maximum atomic E-state index is 12.6. The van der Waals surface area contributed by atoms with Gasteiger partial charge in [-0.3, -0.25) is 4.79 Å². The number of carbonyl (C=O) groups excluding carboxylic acids is 1. The van der Waals surface area contributed by atoms with E-state index in [1.165, 1.54) is 4.90 Å². The zero-order valence-corrected chi connectivity index (χ0v) is 14.9. The summed E-state index contributed by atoms with van der Waals surface area (Å²) in [6.07, 6.45) is 2.73. The van der Waals surface area contributed by atoms with Crippen LogP contribution < -0.4 is 10.6 Å². The minimum Gasteiger partial charge on any atom is -0.368 e. The molecule has 2 heterocycles. The van der Waals surface area contributed by atoms with Gasteiger partial charge in [-0.05, 0) is 18.9 Å². The van der Waals surface area contributed by atoms with Crippen LogP contribution in [0.1, 0.15) is 18.4 Å². The van der Waals surface area contributed by atoms with E-state index in [-0.39, 0.29) is 35.9 Å². The number of aromatic nitrogens is 1. The van der Waals surface area contributed by atoms with E-state index in [1.807, 2.05) is 0 Å². The van der Waals surface area contributed by atoms with Crippen LogP contribution in [0, 0.1) is 23.7 Å². The first-order chi connectivity index (χ1) is 12.8. The molecule has 2 rings (SSSR count). The van der Waals surface area contributed by atoms with E-state index in [2.05, 4.69) is 27.6 Å². The third kappa shape index (κ3) is 5.25. The number of anilines is 1. The number of rotatable bonds is 6. The molecule has 0 aliphatic carbocycles. The number of carbonyl (C=O) groups is 1. The van der Waals surface area contributed by atoms with E-state index in [1.54, 1.807) is 0 Å². The lowest BCUT2D eigenvalue weighted by molar-refractivity contribution is -0.137. The van der Waals surface area contributed by atoms with Crippen molar-refractivity contribution in [2.75, 3.05) is 25.0 Å². The van der Waals surface area contributed by atoms with Gasteiger partial charge in [0.05, 0.1) is 29.2 Å². The van der Waals surface area contributed by atoms with Crippen molar-refractivity contribution in [1.82, 2.24) is 15.2 Å². The number of terminal acetylenes is 1. The van der Waals surface area contributed by atoms with Crippen molar-refractivity contribution in [3.63, 3.8) is 0 Å². The third-order valence-electron chi connectivity index (χ3n) is 4.05. The molecule has 1 fully saturated rings. The summed E-state index contributed by atoms with van der Waals surface area (Å²) in [7, 11) is 0. The molecule has 0 spiro atoms. The Balaban J connectivity index is 1.78. The second-order valence-corrected chi connectivity index (χ2v) is 6.27. The Morgan fingerprint density at radius 1 is 1.41 bits per heavy atom. The van der Waals surface area contributed by atoms with Crippen molar-refractivity contribution in [2.24, 2.45) is 0 Å². The molecule has 1 aromatic rings. The highest BCUT2D eigenvalue weighted by molar-refractivity contribution is 6.32. The van der Waals surface area contributed by atoms with Crippen molar-refractivity contribution in [3.05, 3.63) is 22.8 Å². The van der Waals surface area contributed by atoms with Crippen LogP contribution in [-0.4, -0.2) is 47.5 Å². The fraction of sp³-hybridized carbons (Fsp3) is 0.471. The van der Waals surface area contributed by atoms with Gasteiger partial charge in [0.15, 0.2) is 0 Å². The summed E-state index contributed by atoms with van der Waals surface area (Å²) >= 11 is 5.79. The fourth-order valence-corrected chi connectivity index (χ4v) is 2.96. The van der Waals surface area contributed by atoms with Crippen molar-refractivity contribution >= 4 is 23.3 Å². The third-order valence-corrected chi connectivity index (χ3v) is 4.34. The summed E-state index contributed by atoms with van der Waals surface area (Å²) in [5.41, 5.74) is -0.928. The van der Waals surface area contributed by atoms with Gasteiger partial charge in [0.2, 0.25) is 5.91 Å². The van der Waals surface area contributed by atoms with Gasteiger partial charge in [0.1, 0.15) is 11.9 Å². The Bertz CT molecular complexity index is 749.